The number of nitrogens with zero attached hydrogens (tertiary/aromatic N) is 2. The lowest BCUT2D eigenvalue weighted by Crippen LogP contribution is -2.30. The van der Waals surface area contributed by atoms with Crippen molar-refractivity contribution in [1.29, 1.82) is 0 Å². The molecule has 0 spiro atoms. The first kappa shape index (κ1) is 20.1. The molecule has 2 heterocycles. The second-order valence-electron chi connectivity index (χ2n) is 7.45. The fraction of sp³-hybridized carbons (Fsp3) is 0.280. The Kier molecular flexibility index (Phi) is 6.72. The van der Waals surface area contributed by atoms with E-state index in [1.165, 1.54) is 0 Å². The number of rotatable bonds is 7. The molecule has 1 aliphatic rings. The van der Waals surface area contributed by atoms with Gasteiger partial charge in [-0.25, -0.2) is 4.98 Å². The molecule has 1 saturated heterocycles. The fourth-order valence-electron chi connectivity index (χ4n) is 3.53. The molecule has 1 fully saturated rings. The van der Waals surface area contributed by atoms with Gasteiger partial charge in [0.25, 0.3) is 5.91 Å². The van der Waals surface area contributed by atoms with E-state index in [-0.39, 0.29) is 12.0 Å². The summed E-state index contributed by atoms with van der Waals surface area (Å²) in [7, 11) is 0. The average Bonchev–Trinajstić information content (AvgIpc) is 2.81. The first-order valence-corrected chi connectivity index (χ1v) is 10.4. The lowest BCUT2D eigenvalue weighted by atomic mass is 10.1. The third kappa shape index (κ3) is 5.45. The smallest absolute Gasteiger partial charge is 0.256 e. The summed E-state index contributed by atoms with van der Waals surface area (Å²) >= 11 is 0. The number of pyridine rings is 1. The second-order valence-corrected chi connectivity index (χ2v) is 7.45. The molecular formula is C25H26N2O3. The standard InChI is InChI=1S/C25H26N2O3/c28-25(22-11-12-24(26-17-22)30-23-13-15-29-16-14-23)27(18-20-7-3-1-4-8-20)19-21-9-5-2-6-10-21/h1-12,17,23H,13-16,18-19H2. The number of carbonyl (C=O) groups is 1. The minimum absolute atomic E-state index is 0.0483. The summed E-state index contributed by atoms with van der Waals surface area (Å²) in [4.78, 5) is 19.5. The average molecular weight is 402 g/mol. The number of hydrogen-bond donors (Lipinski definition) is 0. The predicted molar refractivity (Wildman–Crippen MR) is 115 cm³/mol. The molecule has 3 aromatic rings. The highest BCUT2D eigenvalue weighted by atomic mass is 16.5. The summed E-state index contributed by atoms with van der Waals surface area (Å²) in [6, 6.07) is 23.6. The Hall–Kier alpha value is -3.18. The Morgan fingerprint density at radius 1 is 0.900 bits per heavy atom. The van der Waals surface area contributed by atoms with Gasteiger partial charge in [-0.1, -0.05) is 60.7 Å². The monoisotopic (exact) mass is 402 g/mol. The van der Waals surface area contributed by atoms with Gasteiger partial charge >= 0.3 is 0 Å². The number of benzene rings is 2. The van der Waals surface area contributed by atoms with E-state index >= 15 is 0 Å². The molecule has 0 atom stereocenters. The van der Waals surface area contributed by atoms with Crippen LogP contribution in [0, 0.1) is 0 Å². The molecule has 5 nitrogen and oxygen atoms in total. The Labute approximate surface area is 177 Å². The summed E-state index contributed by atoms with van der Waals surface area (Å²) in [5, 5.41) is 0. The van der Waals surface area contributed by atoms with Gasteiger partial charge in [-0.15, -0.1) is 0 Å². The van der Waals surface area contributed by atoms with Crippen LogP contribution in [0.3, 0.4) is 0 Å². The highest BCUT2D eigenvalue weighted by molar-refractivity contribution is 5.93. The third-order valence-electron chi connectivity index (χ3n) is 5.16. The quantitative estimate of drug-likeness (QED) is 0.585. The normalized spacial score (nSPS) is 14.3. The number of amides is 1. The first-order chi connectivity index (χ1) is 14.8. The molecule has 1 aromatic heterocycles. The third-order valence-corrected chi connectivity index (χ3v) is 5.16. The van der Waals surface area contributed by atoms with Crippen molar-refractivity contribution >= 4 is 5.91 Å². The Bertz CT molecular complexity index is 882. The Morgan fingerprint density at radius 2 is 1.50 bits per heavy atom. The van der Waals surface area contributed by atoms with Gasteiger partial charge in [0.2, 0.25) is 5.88 Å². The van der Waals surface area contributed by atoms with Crippen LogP contribution in [0.2, 0.25) is 0 Å². The zero-order chi connectivity index (χ0) is 20.6. The Morgan fingerprint density at radius 3 is 2.03 bits per heavy atom. The van der Waals surface area contributed by atoms with Crippen LogP contribution in [0.1, 0.15) is 34.3 Å². The van der Waals surface area contributed by atoms with Crippen LogP contribution in [-0.4, -0.2) is 35.1 Å². The van der Waals surface area contributed by atoms with E-state index in [1.54, 1.807) is 18.3 Å². The number of hydrogen-bond acceptors (Lipinski definition) is 4. The molecule has 0 N–H and O–H groups in total. The van der Waals surface area contributed by atoms with Crippen molar-refractivity contribution in [3.8, 4) is 5.88 Å². The topological polar surface area (TPSA) is 51.7 Å². The van der Waals surface area contributed by atoms with E-state index in [9.17, 15) is 4.79 Å². The summed E-state index contributed by atoms with van der Waals surface area (Å²) in [6.07, 6.45) is 3.47. The van der Waals surface area contributed by atoms with Gasteiger partial charge in [0, 0.05) is 38.2 Å². The lowest BCUT2D eigenvalue weighted by Gasteiger charge is -2.24. The molecule has 30 heavy (non-hydrogen) atoms. The number of ether oxygens (including phenoxy) is 2. The number of carbonyl (C=O) groups excluding carboxylic acids is 1. The highest BCUT2D eigenvalue weighted by Crippen LogP contribution is 2.18. The maximum Gasteiger partial charge on any atom is 0.256 e. The van der Waals surface area contributed by atoms with Crippen molar-refractivity contribution in [2.45, 2.75) is 32.0 Å². The van der Waals surface area contributed by atoms with Gasteiger partial charge in [0.1, 0.15) is 6.10 Å². The molecule has 154 valence electrons. The van der Waals surface area contributed by atoms with Crippen molar-refractivity contribution in [3.05, 3.63) is 95.7 Å². The van der Waals surface area contributed by atoms with E-state index in [1.807, 2.05) is 65.6 Å². The predicted octanol–water partition coefficient (Wildman–Crippen LogP) is 4.48. The van der Waals surface area contributed by atoms with Crippen LogP contribution in [-0.2, 0) is 17.8 Å². The van der Waals surface area contributed by atoms with Gasteiger partial charge in [-0.2, -0.15) is 0 Å². The van der Waals surface area contributed by atoms with Crippen LogP contribution >= 0.6 is 0 Å². The molecule has 0 bridgehead atoms. The Balaban J connectivity index is 1.48. The maximum atomic E-state index is 13.3. The van der Waals surface area contributed by atoms with Gasteiger partial charge in [0.15, 0.2) is 0 Å². The molecule has 0 unspecified atom stereocenters. The van der Waals surface area contributed by atoms with Crippen molar-refractivity contribution in [3.63, 3.8) is 0 Å². The summed E-state index contributed by atoms with van der Waals surface area (Å²) in [5.74, 6) is 0.504. The summed E-state index contributed by atoms with van der Waals surface area (Å²) < 4.78 is 11.3. The summed E-state index contributed by atoms with van der Waals surface area (Å²) in [6.45, 7) is 2.51. The van der Waals surface area contributed by atoms with Crippen LogP contribution in [0.4, 0.5) is 0 Å². The van der Waals surface area contributed by atoms with E-state index in [0.717, 1.165) is 37.2 Å². The second kappa shape index (κ2) is 10.0. The minimum atomic E-state index is -0.0483. The van der Waals surface area contributed by atoms with E-state index in [2.05, 4.69) is 4.98 Å². The van der Waals surface area contributed by atoms with Crippen molar-refractivity contribution in [2.75, 3.05) is 13.2 Å². The lowest BCUT2D eigenvalue weighted by molar-refractivity contribution is 0.0237. The maximum absolute atomic E-state index is 13.3. The zero-order valence-corrected chi connectivity index (χ0v) is 16.9. The molecule has 2 aromatic carbocycles. The largest absolute Gasteiger partial charge is 0.474 e. The fourth-order valence-corrected chi connectivity index (χ4v) is 3.53. The van der Waals surface area contributed by atoms with Crippen LogP contribution < -0.4 is 4.74 Å². The van der Waals surface area contributed by atoms with Gasteiger partial charge in [-0.3, -0.25) is 4.79 Å². The molecule has 0 radical (unpaired) electrons. The molecule has 1 amide bonds. The molecular weight excluding hydrogens is 376 g/mol. The number of aromatic nitrogens is 1. The SMILES string of the molecule is O=C(c1ccc(OC2CCOCC2)nc1)N(Cc1ccccc1)Cc1ccccc1. The van der Waals surface area contributed by atoms with Gasteiger partial charge in [-0.05, 0) is 17.2 Å². The highest BCUT2D eigenvalue weighted by Gasteiger charge is 2.19. The van der Waals surface area contributed by atoms with Crippen molar-refractivity contribution < 1.29 is 14.3 Å². The van der Waals surface area contributed by atoms with Gasteiger partial charge < -0.3 is 14.4 Å². The first-order valence-electron chi connectivity index (χ1n) is 10.4. The molecule has 4 rings (SSSR count). The van der Waals surface area contributed by atoms with E-state index in [4.69, 9.17) is 9.47 Å². The van der Waals surface area contributed by atoms with Crippen LogP contribution in [0.15, 0.2) is 79.0 Å². The van der Waals surface area contributed by atoms with Gasteiger partial charge in [0.05, 0.1) is 18.8 Å². The van der Waals surface area contributed by atoms with E-state index in [0.29, 0.717) is 24.5 Å². The van der Waals surface area contributed by atoms with Crippen LogP contribution in [0.25, 0.3) is 0 Å². The molecule has 1 aliphatic heterocycles. The van der Waals surface area contributed by atoms with Crippen molar-refractivity contribution in [1.82, 2.24) is 9.88 Å². The zero-order valence-electron chi connectivity index (χ0n) is 16.9. The van der Waals surface area contributed by atoms with E-state index < -0.39 is 0 Å². The molecule has 5 heteroatoms. The molecule has 0 saturated carbocycles. The summed E-state index contributed by atoms with van der Waals surface area (Å²) in [5.41, 5.74) is 2.74. The molecule has 0 aliphatic carbocycles. The van der Waals surface area contributed by atoms with Crippen LogP contribution in [0.5, 0.6) is 5.88 Å². The minimum Gasteiger partial charge on any atom is -0.474 e. The van der Waals surface area contributed by atoms with Crippen molar-refractivity contribution in [2.24, 2.45) is 0 Å².